The van der Waals surface area contributed by atoms with Gasteiger partial charge in [0, 0.05) is 10.5 Å². The minimum absolute atomic E-state index is 0.0361. The van der Waals surface area contributed by atoms with Crippen LogP contribution < -0.4 is 5.32 Å². The van der Waals surface area contributed by atoms with Gasteiger partial charge < -0.3 is 5.32 Å². The fourth-order valence-electron chi connectivity index (χ4n) is 1.89. The van der Waals surface area contributed by atoms with Crippen LogP contribution in [0, 0.1) is 10.1 Å². The van der Waals surface area contributed by atoms with Gasteiger partial charge in [-0.2, -0.15) is 0 Å². The molecular formula is C15H13BrN2O3. The Hall–Kier alpha value is -2.21. The molecule has 0 radical (unpaired) electrons. The molecule has 0 atom stereocenters. The minimum atomic E-state index is -0.565. The molecule has 2 aromatic carbocycles. The van der Waals surface area contributed by atoms with E-state index in [1.807, 2.05) is 19.1 Å². The predicted octanol–water partition coefficient (Wildman–Crippen LogP) is 4.17. The van der Waals surface area contributed by atoms with Crippen molar-refractivity contribution in [2.75, 3.05) is 5.32 Å². The van der Waals surface area contributed by atoms with Gasteiger partial charge in [-0.05, 0) is 46.1 Å². The maximum atomic E-state index is 12.2. The summed E-state index contributed by atoms with van der Waals surface area (Å²) >= 11 is 3.39. The molecule has 0 saturated carbocycles. The summed E-state index contributed by atoms with van der Waals surface area (Å²) in [7, 11) is 0. The first kappa shape index (κ1) is 15.2. The number of halogens is 1. The molecule has 2 aromatic rings. The van der Waals surface area contributed by atoms with Gasteiger partial charge in [0.05, 0.1) is 10.6 Å². The van der Waals surface area contributed by atoms with Gasteiger partial charge in [-0.15, -0.1) is 0 Å². The lowest BCUT2D eigenvalue weighted by Crippen LogP contribution is -2.14. The van der Waals surface area contributed by atoms with Gasteiger partial charge >= 0.3 is 0 Å². The third-order valence-corrected chi connectivity index (χ3v) is 3.69. The van der Waals surface area contributed by atoms with Crippen LogP contribution in [0.5, 0.6) is 0 Å². The van der Waals surface area contributed by atoms with Gasteiger partial charge in [0.2, 0.25) is 0 Å². The Morgan fingerprint density at radius 3 is 2.62 bits per heavy atom. The lowest BCUT2D eigenvalue weighted by atomic mass is 10.1. The first-order chi connectivity index (χ1) is 10.0. The van der Waals surface area contributed by atoms with E-state index in [-0.39, 0.29) is 11.3 Å². The molecule has 6 heteroatoms. The van der Waals surface area contributed by atoms with Crippen molar-refractivity contribution in [1.82, 2.24) is 0 Å². The number of aryl methyl sites for hydroxylation is 1. The number of anilines is 1. The van der Waals surface area contributed by atoms with Crippen molar-refractivity contribution in [3.8, 4) is 0 Å². The third-order valence-electron chi connectivity index (χ3n) is 3.04. The highest BCUT2D eigenvalue weighted by Gasteiger charge is 2.19. The molecule has 0 aliphatic heterocycles. The van der Waals surface area contributed by atoms with Gasteiger partial charge in [-0.1, -0.05) is 25.1 Å². The zero-order chi connectivity index (χ0) is 15.4. The third kappa shape index (κ3) is 3.46. The molecule has 0 saturated heterocycles. The topological polar surface area (TPSA) is 72.2 Å². The highest BCUT2D eigenvalue weighted by atomic mass is 79.9. The lowest BCUT2D eigenvalue weighted by Gasteiger charge is -2.09. The van der Waals surface area contributed by atoms with Crippen LogP contribution in [0.1, 0.15) is 22.8 Å². The largest absolute Gasteiger partial charge is 0.321 e. The maximum absolute atomic E-state index is 12.2. The van der Waals surface area contributed by atoms with E-state index in [0.717, 1.165) is 16.5 Å². The van der Waals surface area contributed by atoms with Crippen LogP contribution in [0.15, 0.2) is 46.9 Å². The number of rotatable bonds is 4. The first-order valence-electron chi connectivity index (χ1n) is 6.36. The molecule has 5 nitrogen and oxygen atoms in total. The van der Waals surface area contributed by atoms with Crippen LogP contribution in [0.25, 0.3) is 0 Å². The Labute approximate surface area is 130 Å². The van der Waals surface area contributed by atoms with Crippen LogP contribution >= 0.6 is 15.9 Å². The highest BCUT2D eigenvalue weighted by Crippen LogP contribution is 2.26. The number of hydrogen-bond donors (Lipinski definition) is 1. The number of nitrogens with one attached hydrogen (secondary N) is 1. The Kier molecular flexibility index (Phi) is 4.70. The Bertz CT molecular complexity index is 701. The SMILES string of the molecule is CCc1ccc(NC(=O)c2ccccc2[N+](=O)[O-])c(Br)c1. The van der Waals surface area contributed by atoms with Crippen molar-refractivity contribution in [2.24, 2.45) is 0 Å². The number of para-hydroxylation sites is 1. The van der Waals surface area contributed by atoms with Crippen molar-refractivity contribution in [3.05, 3.63) is 68.2 Å². The second kappa shape index (κ2) is 6.49. The lowest BCUT2D eigenvalue weighted by molar-refractivity contribution is -0.385. The van der Waals surface area contributed by atoms with Crippen molar-refractivity contribution in [1.29, 1.82) is 0 Å². The van der Waals surface area contributed by atoms with E-state index in [2.05, 4.69) is 21.2 Å². The van der Waals surface area contributed by atoms with Gasteiger partial charge in [0.15, 0.2) is 0 Å². The van der Waals surface area contributed by atoms with Crippen molar-refractivity contribution in [3.63, 3.8) is 0 Å². The molecule has 0 spiro atoms. The van der Waals surface area contributed by atoms with Crippen LogP contribution in [0.2, 0.25) is 0 Å². The zero-order valence-electron chi connectivity index (χ0n) is 11.3. The standard InChI is InChI=1S/C15H13BrN2O3/c1-2-10-7-8-13(12(16)9-10)17-15(19)11-5-3-4-6-14(11)18(20)21/h3-9H,2H2,1H3,(H,17,19). The van der Waals surface area contributed by atoms with Crippen LogP contribution in [-0.4, -0.2) is 10.8 Å². The second-order valence-corrected chi connectivity index (χ2v) is 5.25. The molecule has 2 rings (SSSR count). The molecule has 0 aliphatic carbocycles. The average molecular weight is 349 g/mol. The normalized spacial score (nSPS) is 10.2. The number of nitrogens with zero attached hydrogens (tertiary/aromatic N) is 1. The molecule has 1 amide bonds. The molecule has 108 valence electrons. The number of nitro benzene ring substituents is 1. The number of benzene rings is 2. The molecule has 0 bridgehead atoms. The summed E-state index contributed by atoms with van der Waals surface area (Å²) < 4.78 is 0.744. The van der Waals surface area contributed by atoms with Gasteiger partial charge in [-0.25, -0.2) is 0 Å². The predicted molar refractivity (Wildman–Crippen MR) is 84.6 cm³/mol. The van der Waals surface area contributed by atoms with Crippen molar-refractivity contribution >= 4 is 33.2 Å². The summed E-state index contributed by atoms with van der Waals surface area (Å²) in [5, 5.41) is 13.6. The minimum Gasteiger partial charge on any atom is -0.321 e. The average Bonchev–Trinajstić information content (AvgIpc) is 2.49. The molecule has 0 heterocycles. The Balaban J connectivity index is 2.28. The van der Waals surface area contributed by atoms with E-state index in [1.54, 1.807) is 12.1 Å². The first-order valence-corrected chi connectivity index (χ1v) is 7.15. The summed E-state index contributed by atoms with van der Waals surface area (Å²) in [5.41, 5.74) is 1.53. The van der Waals surface area contributed by atoms with E-state index in [1.165, 1.54) is 18.2 Å². The second-order valence-electron chi connectivity index (χ2n) is 4.40. The Morgan fingerprint density at radius 1 is 1.29 bits per heavy atom. The van der Waals surface area contributed by atoms with E-state index in [4.69, 9.17) is 0 Å². The van der Waals surface area contributed by atoms with E-state index in [0.29, 0.717) is 5.69 Å². The van der Waals surface area contributed by atoms with Crippen molar-refractivity contribution < 1.29 is 9.72 Å². The number of nitro groups is 1. The number of hydrogen-bond acceptors (Lipinski definition) is 3. The summed E-state index contributed by atoms with van der Waals surface area (Å²) in [6.07, 6.45) is 0.886. The fourth-order valence-corrected chi connectivity index (χ4v) is 2.42. The quantitative estimate of drug-likeness (QED) is 0.665. The summed E-state index contributed by atoms with van der Waals surface area (Å²) in [4.78, 5) is 22.6. The van der Waals surface area contributed by atoms with Crippen LogP contribution in [0.3, 0.4) is 0 Å². The molecule has 1 N–H and O–H groups in total. The summed E-state index contributed by atoms with van der Waals surface area (Å²) in [5.74, 6) is -0.507. The number of carbonyl (C=O) groups is 1. The molecule has 0 fully saturated rings. The van der Waals surface area contributed by atoms with Crippen LogP contribution in [0.4, 0.5) is 11.4 Å². The van der Waals surface area contributed by atoms with Gasteiger partial charge in [0.25, 0.3) is 11.6 Å². The van der Waals surface area contributed by atoms with Crippen molar-refractivity contribution in [2.45, 2.75) is 13.3 Å². The van der Waals surface area contributed by atoms with E-state index >= 15 is 0 Å². The molecule has 0 unspecified atom stereocenters. The number of amides is 1. The molecule has 21 heavy (non-hydrogen) atoms. The molecular weight excluding hydrogens is 336 g/mol. The maximum Gasteiger partial charge on any atom is 0.282 e. The fraction of sp³-hybridized carbons (Fsp3) is 0.133. The zero-order valence-corrected chi connectivity index (χ0v) is 12.9. The smallest absolute Gasteiger partial charge is 0.282 e. The van der Waals surface area contributed by atoms with Gasteiger partial charge in [0.1, 0.15) is 5.56 Å². The highest BCUT2D eigenvalue weighted by molar-refractivity contribution is 9.10. The van der Waals surface area contributed by atoms with Gasteiger partial charge in [-0.3, -0.25) is 14.9 Å². The monoisotopic (exact) mass is 348 g/mol. The van der Waals surface area contributed by atoms with E-state index < -0.39 is 10.8 Å². The molecule has 0 aliphatic rings. The molecule has 0 aromatic heterocycles. The summed E-state index contributed by atoms with van der Waals surface area (Å²) in [6, 6.07) is 11.5. The Morgan fingerprint density at radius 2 is 2.00 bits per heavy atom. The summed E-state index contributed by atoms with van der Waals surface area (Å²) in [6.45, 7) is 2.04. The van der Waals surface area contributed by atoms with E-state index in [9.17, 15) is 14.9 Å². The van der Waals surface area contributed by atoms with Crippen LogP contribution in [-0.2, 0) is 6.42 Å². The number of carbonyl (C=O) groups excluding carboxylic acids is 1.